The molecule has 1 heterocycles. The molecule has 144 valence electrons. The monoisotopic (exact) mass is 337 g/mol. The maximum atomic E-state index is 2.72. The molecular formula is C23H47N. The van der Waals surface area contributed by atoms with Gasteiger partial charge in [-0.05, 0) is 38.9 Å². The first-order valence-electron chi connectivity index (χ1n) is 11.7. The predicted octanol–water partition coefficient (Wildman–Crippen LogP) is 7.73. The molecule has 0 saturated carbocycles. The highest BCUT2D eigenvalue weighted by Crippen LogP contribution is 2.14. The summed E-state index contributed by atoms with van der Waals surface area (Å²) in [5.74, 6) is 0. The van der Waals surface area contributed by atoms with Crippen molar-refractivity contribution < 1.29 is 0 Å². The Kier molecular flexibility index (Phi) is 16.3. The Morgan fingerprint density at radius 2 is 0.833 bits per heavy atom. The molecule has 0 unspecified atom stereocenters. The van der Waals surface area contributed by atoms with Crippen LogP contribution in [0.5, 0.6) is 0 Å². The van der Waals surface area contributed by atoms with E-state index in [-0.39, 0.29) is 0 Å². The Hall–Kier alpha value is -0.0400. The molecule has 0 atom stereocenters. The molecule has 0 spiro atoms. The number of nitrogens with zero attached hydrogens (tertiary/aromatic N) is 1. The van der Waals surface area contributed by atoms with Gasteiger partial charge in [0.2, 0.25) is 0 Å². The van der Waals surface area contributed by atoms with Gasteiger partial charge >= 0.3 is 0 Å². The lowest BCUT2D eigenvalue weighted by Crippen LogP contribution is -2.25. The highest BCUT2D eigenvalue weighted by molar-refractivity contribution is 4.63. The van der Waals surface area contributed by atoms with Gasteiger partial charge in [-0.3, -0.25) is 0 Å². The average Bonchev–Trinajstić information content (AvgIpc) is 2.87. The van der Waals surface area contributed by atoms with Gasteiger partial charge in [0.15, 0.2) is 0 Å². The van der Waals surface area contributed by atoms with Crippen LogP contribution in [-0.2, 0) is 0 Å². The molecule has 1 aliphatic heterocycles. The molecule has 0 aromatic rings. The molecule has 0 radical (unpaired) electrons. The van der Waals surface area contributed by atoms with Crippen molar-refractivity contribution in [2.75, 3.05) is 19.6 Å². The van der Waals surface area contributed by atoms with E-state index in [1.54, 1.807) is 0 Å². The van der Waals surface area contributed by atoms with Crippen LogP contribution < -0.4 is 0 Å². The van der Waals surface area contributed by atoms with Crippen molar-refractivity contribution in [1.82, 2.24) is 4.90 Å². The van der Waals surface area contributed by atoms with Crippen LogP contribution >= 0.6 is 0 Å². The Morgan fingerprint density at radius 1 is 0.458 bits per heavy atom. The van der Waals surface area contributed by atoms with E-state index >= 15 is 0 Å². The Bertz CT molecular complexity index is 230. The van der Waals surface area contributed by atoms with Gasteiger partial charge in [-0.25, -0.2) is 0 Å². The van der Waals surface area contributed by atoms with Crippen LogP contribution in [0.2, 0.25) is 0 Å². The van der Waals surface area contributed by atoms with Crippen molar-refractivity contribution in [2.45, 2.75) is 129 Å². The fraction of sp³-hybridized carbons (Fsp3) is 1.00. The molecule has 24 heavy (non-hydrogen) atoms. The van der Waals surface area contributed by atoms with Crippen LogP contribution in [0.3, 0.4) is 0 Å². The summed E-state index contributed by atoms with van der Waals surface area (Å²) in [7, 11) is 0. The topological polar surface area (TPSA) is 3.24 Å². The minimum absolute atomic E-state index is 1.37. The maximum Gasteiger partial charge on any atom is -0.00187 e. The minimum Gasteiger partial charge on any atom is -0.303 e. The van der Waals surface area contributed by atoms with E-state index in [1.807, 2.05) is 0 Å². The van der Waals surface area contributed by atoms with E-state index in [9.17, 15) is 0 Å². The molecule has 1 nitrogen and oxygen atoms in total. The van der Waals surface area contributed by atoms with Crippen LogP contribution in [0.4, 0.5) is 0 Å². The molecule has 0 aliphatic carbocycles. The summed E-state index contributed by atoms with van der Waals surface area (Å²) in [6.07, 6.45) is 27.9. The molecule has 0 amide bonds. The molecule has 1 saturated heterocycles. The van der Waals surface area contributed by atoms with Gasteiger partial charge in [-0.15, -0.1) is 0 Å². The fourth-order valence-electron chi connectivity index (χ4n) is 4.07. The first-order chi connectivity index (χ1) is 11.9. The van der Waals surface area contributed by atoms with Crippen molar-refractivity contribution in [2.24, 2.45) is 0 Å². The van der Waals surface area contributed by atoms with Crippen molar-refractivity contribution in [3.8, 4) is 0 Å². The normalized spacial score (nSPS) is 16.4. The lowest BCUT2D eigenvalue weighted by atomic mass is 10.0. The molecule has 1 rings (SSSR count). The second kappa shape index (κ2) is 17.8. The van der Waals surface area contributed by atoms with Gasteiger partial charge < -0.3 is 4.90 Å². The molecule has 1 heteroatoms. The zero-order valence-electron chi connectivity index (χ0n) is 17.0. The van der Waals surface area contributed by atoms with E-state index in [1.165, 1.54) is 142 Å². The molecule has 0 bridgehead atoms. The van der Waals surface area contributed by atoms with E-state index in [0.29, 0.717) is 0 Å². The summed E-state index contributed by atoms with van der Waals surface area (Å²) in [6.45, 7) is 6.42. The predicted molar refractivity (Wildman–Crippen MR) is 110 cm³/mol. The van der Waals surface area contributed by atoms with Gasteiger partial charge in [0, 0.05) is 0 Å². The fourth-order valence-corrected chi connectivity index (χ4v) is 4.07. The second-order valence-electron chi connectivity index (χ2n) is 8.21. The second-order valence-corrected chi connectivity index (χ2v) is 8.21. The molecule has 0 N–H and O–H groups in total. The first kappa shape index (κ1) is 22.0. The smallest absolute Gasteiger partial charge is 0.00187 e. The lowest BCUT2D eigenvalue weighted by molar-refractivity contribution is 0.277. The van der Waals surface area contributed by atoms with E-state index < -0.39 is 0 Å². The van der Waals surface area contributed by atoms with Crippen molar-refractivity contribution >= 4 is 0 Å². The lowest BCUT2D eigenvalue weighted by Gasteiger charge is -2.19. The largest absolute Gasteiger partial charge is 0.303 e. The van der Waals surface area contributed by atoms with Crippen LogP contribution in [0, 0.1) is 0 Å². The quantitative estimate of drug-likeness (QED) is 0.260. The minimum atomic E-state index is 1.37. The maximum absolute atomic E-state index is 2.72. The standard InChI is InChI=1S/C23H47N/c1-2-3-4-5-6-7-8-9-10-11-12-13-14-15-18-21-24-22-19-16-17-20-23-24/h2-23H2,1H3. The first-order valence-corrected chi connectivity index (χ1v) is 11.7. The number of rotatable bonds is 16. The molecule has 0 aromatic carbocycles. The van der Waals surface area contributed by atoms with Gasteiger partial charge in [-0.2, -0.15) is 0 Å². The van der Waals surface area contributed by atoms with E-state index in [4.69, 9.17) is 0 Å². The number of hydrogen-bond donors (Lipinski definition) is 0. The van der Waals surface area contributed by atoms with E-state index in [2.05, 4.69) is 11.8 Å². The zero-order valence-corrected chi connectivity index (χ0v) is 17.0. The molecule has 1 aliphatic rings. The summed E-state index contributed by atoms with van der Waals surface area (Å²) >= 11 is 0. The van der Waals surface area contributed by atoms with Crippen LogP contribution in [0.25, 0.3) is 0 Å². The zero-order chi connectivity index (χ0) is 17.1. The number of hydrogen-bond acceptors (Lipinski definition) is 1. The van der Waals surface area contributed by atoms with Crippen LogP contribution in [0.15, 0.2) is 0 Å². The van der Waals surface area contributed by atoms with E-state index in [0.717, 1.165) is 0 Å². The third kappa shape index (κ3) is 14.3. The summed E-state index contributed by atoms with van der Waals surface area (Å²) in [5, 5.41) is 0. The Labute approximate surface area is 154 Å². The highest BCUT2D eigenvalue weighted by atomic mass is 15.1. The van der Waals surface area contributed by atoms with Crippen LogP contribution in [-0.4, -0.2) is 24.5 Å². The average molecular weight is 338 g/mol. The third-order valence-corrected chi connectivity index (χ3v) is 5.78. The van der Waals surface area contributed by atoms with Gasteiger partial charge in [0.1, 0.15) is 0 Å². The summed E-state index contributed by atoms with van der Waals surface area (Å²) in [6, 6.07) is 0. The molecule has 0 aromatic heterocycles. The van der Waals surface area contributed by atoms with Gasteiger partial charge in [0.25, 0.3) is 0 Å². The molecule has 1 fully saturated rings. The van der Waals surface area contributed by atoms with Crippen molar-refractivity contribution in [3.63, 3.8) is 0 Å². The van der Waals surface area contributed by atoms with Crippen molar-refractivity contribution in [1.29, 1.82) is 0 Å². The van der Waals surface area contributed by atoms with Crippen LogP contribution in [0.1, 0.15) is 129 Å². The molecular weight excluding hydrogens is 290 g/mol. The van der Waals surface area contributed by atoms with Gasteiger partial charge in [-0.1, -0.05) is 110 Å². The summed E-state index contributed by atoms with van der Waals surface area (Å²) in [5.41, 5.74) is 0. The van der Waals surface area contributed by atoms with Crippen molar-refractivity contribution in [3.05, 3.63) is 0 Å². The third-order valence-electron chi connectivity index (χ3n) is 5.78. The SMILES string of the molecule is CCCCCCCCCCCCCCCCCN1CCCCCC1. The summed E-state index contributed by atoms with van der Waals surface area (Å²) < 4.78 is 0. The van der Waals surface area contributed by atoms with Gasteiger partial charge in [0.05, 0.1) is 0 Å². The highest BCUT2D eigenvalue weighted by Gasteiger charge is 2.07. The summed E-state index contributed by atoms with van der Waals surface area (Å²) in [4.78, 5) is 2.72. The number of unbranched alkanes of at least 4 members (excludes halogenated alkanes) is 14. The Morgan fingerprint density at radius 3 is 1.25 bits per heavy atom. The number of likely N-dealkylation sites (tertiary alicyclic amines) is 1. The Balaban J connectivity index is 1.70.